The van der Waals surface area contributed by atoms with Crippen LogP contribution in [0.2, 0.25) is 0 Å². The molecule has 1 saturated carbocycles. The van der Waals surface area contributed by atoms with E-state index in [1.54, 1.807) is 38.3 Å². The number of hydrogen-bond donors (Lipinski definition) is 1. The predicted molar refractivity (Wildman–Crippen MR) is 94.8 cm³/mol. The van der Waals surface area contributed by atoms with Gasteiger partial charge in [-0.3, -0.25) is 9.10 Å². The van der Waals surface area contributed by atoms with Crippen LogP contribution in [0.5, 0.6) is 5.75 Å². The quantitative estimate of drug-likeness (QED) is 0.850. The van der Waals surface area contributed by atoms with E-state index in [9.17, 15) is 13.2 Å². The number of carbonyl (C=O) groups is 1. The lowest BCUT2D eigenvalue weighted by atomic mass is 9.95. The standard InChI is InChI=1S/C17H26N2O4S/c1-13(17(20)18-14-7-5-4-6-8-14)19(24(3,21)22)15-9-11-16(23-2)12-10-15/h9-14H,4-8H2,1-3H3,(H,18,20)/t13-/m0/s1. The van der Waals surface area contributed by atoms with Crippen molar-refractivity contribution in [2.24, 2.45) is 0 Å². The third-order valence-electron chi connectivity index (χ3n) is 4.37. The second kappa shape index (κ2) is 7.88. The maximum absolute atomic E-state index is 12.6. The molecule has 0 aliphatic heterocycles. The fraction of sp³-hybridized carbons (Fsp3) is 0.588. The van der Waals surface area contributed by atoms with E-state index in [1.165, 1.54) is 6.42 Å². The summed E-state index contributed by atoms with van der Waals surface area (Å²) >= 11 is 0. The van der Waals surface area contributed by atoms with Gasteiger partial charge in [0, 0.05) is 6.04 Å². The molecule has 6 nitrogen and oxygen atoms in total. The summed E-state index contributed by atoms with van der Waals surface area (Å²) in [4.78, 5) is 12.6. The second-order valence-electron chi connectivity index (χ2n) is 6.28. The zero-order chi connectivity index (χ0) is 17.7. The van der Waals surface area contributed by atoms with Gasteiger partial charge in [-0.2, -0.15) is 0 Å². The van der Waals surface area contributed by atoms with E-state index in [4.69, 9.17) is 4.74 Å². The molecule has 134 valence electrons. The van der Waals surface area contributed by atoms with Gasteiger partial charge in [-0.15, -0.1) is 0 Å². The molecule has 1 fully saturated rings. The maximum atomic E-state index is 12.6. The summed E-state index contributed by atoms with van der Waals surface area (Å²) in [7, 11) is -2.05. The SMILES string of the molecule is COc1ccc(N([C@@H](C)C(=O)NC2CCCCC2)S(C)(=O)=O)cc1. The Morgan fingerprint density at radius 2 is 1.79 bits per heavy atom. The van der Waals surface area contributed by atoms with Gasteiger partial charge in [-0.05, 0) is 44.0 Å². The summed E-state index contributed by atoms with van der Waals surface area (Å²) < 4.78 is 30.7. The minimum Gasteiger partial charge on any atom is -0.497 e. The number of anilines is 1. The number of benzene rings is 1. The molecule has 0 bridgehead atoms. The van der Waals surface area contributed by atoms with E-state index in [2.05, 4.69) is 5.32 Å². The normalized spacial score (nSPS) is 17.1. The summed E-state index contributed by atoms with van der Waals surface area (Å²) in [5, 5.41) is 2.99. The predicted octanol–water partition coefficient (Wildman–Crippen LogP) is 2.30. The summed E-state index contributed by atoms with van der Waals surface area (Å²) in [5.74, 6) is 0.370. The van der Waals surface area contributed by atoms with Crippen molar-refractivity contribution in [3.63, 3.8) is 0 Å². The van der Waals surface area contributed by atoms with Gasteiger partial charge in [0.1, 0.15) is 11.8 Å². The molecule has 1 atom stereocenters. The molecule has 1 amide bonds. The van der Waals surface area contributed by atoms with Crippen molar-refractivity contribution in [3.8, 4) is 5.75 Å². The Balaban J connectivity index is 2.18. The number of nitrogens with one attached hydrogen (secondary N) is 1. The molecule has 1 aromatic carbocycles. The van der Waals surface area contributed by atoms with Gasteiger partial charge in [0.2, 0.25) is 15.9 Å². The van der Waals surface area contributed by atoms with Gasteiger partial charge >= 0.3 is 0 Å². The van der Waals surface area contributed by atoms with E-state index in [0.29, 0.717) is 11.4 Å². The first-order chi connectivity index (χ1) is 11.3. The number of amides is 1. The summed E-state index contributed by atoms with van der Waals surface area (Å²) in [6.07, 6.45) is 6.44. The van der Waals surface area contributed by atoms with Crippen LogP contribution < -0.4 is 14.4 Å². The molecule has 1 aliphatic rings. The Kier molecular flexibility index (Phi) is 6.10. The Hall–Kier alpha value is -1.76. The lowest BCUT2D eigenvalue weighted by Crippen LogP contribution is -2.50. The van der Waals surface area contributed by atoms with Gasteiger partial charge in [-0.1, -0.05) is 19.3 Å². The number of carbonyl (C=O) groups excluding carboxylic acids is 1. The van der Waals surface area contributed by atoms with Gasteiger partial charge in [0.05, 0.1) is 19.1 Å². The first-order valence-electron chi connectivity index (χ1n) is 8.27. The molecule has 2 rings (SSSR count). The van der Waals surface area contributed by atoms with Gasteiger partial charge < -0.3 is 10.1 Å². The number of methoxy groups -OCH3 is 1. The Morgan fingerprint density at radius 1 is 1.21 bits per heavy atom. The number of hydrogen-bond acceptors (Lipinski definition) is 4. The fourth-order valence-corrected chi connectivity index (χ4v) is 4.28. The molecule has 0 radical (unpaired) electrons. The Bertz CT molecular complexity index is 652. The van der Waals surface area contributed by atoms with E-state index in [-0.39, 0.29) is 11.9 Å². The highest BCUT2D eigenvalue weighted by Crippen LogP contribution is 2.24. The minimum atomic E-state index is -3.59. The minimum absolute atomic E-state index is 0.144. The zero-order valence-corrected chi connectivity index (χ0v) is 15.3. The first kappa shape index (κ1) is 18.6. The highest BCUT2D eigenvalue weighted by molar-refractivity contribution is 7.92. The average Bonchev–Trinajstić information content (AvgIpc) is 2.55. The van der Waals surface area contributed by atoms with Gasteiger partial charge in [-0.25, -0.2) is 8.42 Å². The van der Waals surface area contributed by atoms with Crippen molar-refractivity contribution < 1.29 is 17.9 Å². The Labute approximate surface area is 144 Å². The molecule has 1 aromatic rings. The van der Waals surface area contributed by atoms with Crippen LogP contribution in [-0.4, -0.2) is 39.8 Å². The van der Waals surface area contributed by atoms with Crippen molar-refractivity contribution in [2.75, 3.05) is 17.7 Å². The van der Waals surface area contributed by atoms with E-state index < -0.39 is 16.1 Å². The van der Waals surface area contributed by atoms with E-state index in [1.807, 2.05) is 0 Å². The van der Waals surface area contributed by atoms with Crippen LogP contribution in [0.4, 0.5) is 5.69 Å². The van der Waals surface area contributed by atoms with Crippen molar-refractivity contribution in [2.45, 2.75) is 51.1 Å². The van der Waals surface area contributed by atoms with Crippen LogP contribution in [0.25, 0.3) is 0 Å². The maximum Gasteiger partial charge on any atom is 0.243 e. The average molecular weight is 354 g/mol. The Morgan fingerprint density at radius 3 is 2.29 bits per heavy atom. The molecule has 1 N–H and O–H groups in total. The lowest BCUT2D eigenvalue weighted by molar-refractivity contribution is -0.122. The third-order valence-corrected chi connectivity index (χ3v) is 5.61. The fourth-order valence-electron chi connectivity index (χ4n) is 3.11. The summed E-state index contributed by atoms with van der Waals surface area (Å²) in [6.45, 7) is 1.61. The molecule has 0 heterocycles. The summed E-state index contributed by atoms with van der Waals surface area (Å²) in [6, 6.07) is 5.98. The van der Waals surface area contributed by atoms with Crippen LogP contribution >= 0.6 is 0 Å². The molecule has 24 heavy (non-hydrogen) atoms. The third kappa shape index (κ3) is 4.63. The van der Waals surface area contributed by atoms with E-state index in [0.717, 1.165) is 36.2 Å². The van der Waals surface area contributed by atoms with Crippen molar-refractivity contribution in [1.82, 2.24) is 5.32 Å². The van der Waals surface area contributed by atoms with Crippen LogP contribution in [0.15, 0.2) is 24.3 Å². The summed E-state index contributed by atoms with van der Waals surface area (Å²) in [5.41, 5.74) is 0.449. The molecule has 0 unspecified atom stereocenters. The molecule has 1 aliphatic carbocycles. The van der Waals surface area contributed by atoms with Gasteiger partial charge in [0.25, 0.3) is 0 Å². The molecule has 0 spiro atoms. The monoisotopic (exact) mass is 354 g/mol. The molecule has 0 aromatic heterocycles. The van der Waals surface area contributed by atoms with Crippen molar-refractivity contribution in [1.29, 1.82) is 0 Å². The molecular weight excluding hydrogens is 328 g/mol. The van der Waals surface area contributed by atoms with Gasteiger partial charge in [0.15, 0.2) is 0 Å². The molecule has 0 saturated heterocycles. The zero-order valence-electron chi connectivity index (χ0n) is 14.5. The van der Waals surface area contributed by atoms with E-state index >= 15 is 0 Å². The highest BCUT2D eigenvalue weighted by Gasteiger charge is 2.30. The molecular formula is C17H26N2O4S. The lowest BCUT2D eigenvalue weighted by Gasteiger charge is -2.30. The largest absolute Gasteiger partial charge is 0.497 e. The number of ether oxygens (including phenoxy) is 1. The number of nitrogens with zero attached hydrogens (tertiary/aromatic N) is 1. The first-order valence-corrected chi connectivity index (χ1v) is 10.1. The topological polar surface area (TPSA) is 75.7 Å². The number of sulfonamides is 1. The smallest absolute Gasteiger partial charge is 0.243 e. The van der Waals surface area contributed by atoms with Crippen molar-refractivity contribution in [3.05, 3.63) is 24.3 Å². The highest BCUT2D eigenvalue weighted by atomic mass is 32.2. The van der Waals surface area contributed by atoms with Crippen LogP contribution in [0.3, 0.4) is 0 Å². The van der Waals surface area contributed by atoms with Crippen LogP contribution in [0.1, 0.15) is 39.0 Å². The molecule has 7 heteroatoms. The van der Waals surface area contributed by atoms with Crippen molar-refractivity contribution >= 4 is 21.6 Å². The van der Waals surface area contributed by atoms with Crippen LogP contribution in [0, 0.1) is 0 Å². The van der Waals surface area contributed by atoms with Crippen LogP contribution in [-0.2, 0) is 14.8 Å². The number of rotatable bonds is 6. The second-order valence-corrected chi connectivity index (χ2v) is 8.14.